The fourth-order valence-corrected chi connectivity index (χ4v) is 3.38. The van der Waals surface area contributed by atoms with Crippen molar-refractivity contribution in [1.82, 2.24) is 10.6 Å². The Morgan fingerprint density at radius 1 is 1.17 bits per heavy atom. The number of rotatable bonds is 8. The SMILES string of the molecule is CN=C(NCC(OC)C(C)(C)C)NCC1(CCOC)CCCC1.I. The Bertz CT molecular complexity index is 364. The molecule has 0 aliphatic heterocycles. The van der Waals surface area contributed by atoms with Gasteiger partial charge in [-0.3, -0.25) is 4.99 Å². The van der Waals surface area contributed by atoms with E-state index in [-0.39, 0.29) is 35.5 Å². The van der Waals surface area contributed by atoms with E-state index in [1.54, 1.807) is 14.2 Å². The Hall–Kier alpha value is -0.0800. The highest BCUT2D eigenvalue weighted by Crippen LogP contribution is 2.40. The molecule has 0 spiro atoms. The number of nitrogens with one attached hydrogen (secondary N) is 2. The third-order valence-electron chi connectivity index (χ3n) is 5.06. The maximum absolute atomic E-state index is 5.60. The number of methoxy groups -OCH3 is 2. The van der Waals surface area contributed by atoms with E-state index >= 15 is 0 Å². The monoisotopic (exact) mass is 455 g/mol. The Morgan fingerprint density at radius 2 is 1.79 bits per heavy atom. The van der Waals surface area contributed by atoms with Gasteiger partial charge in [0.1, 0.15) is 0 Å². The molecule has 2 N–H and O–H groups in total. The summed E-state index contributed by atoms with van der Waals surface area (Å²) in [7, 11) is 5.38. The Kier molecular flexibility index (Phi) is 11.5. The molecular formula is C18H38IN3O2. The second kappa shape index (κ2) is 11.5. The number of ether oxygens (including phenoxy) is 2. The highest BCUT2D eigenvalue weighted by Gasteiger charge is 2.33. The predicted octanol–water partition coefficient (Wildman–Crippen LogP) is 3.43. The van der Waals surface area contributed by atoms with Crippen LogP contribution in [0.1, 0.15) is 52.9 Å². The van der Waals surface area contributed by atoms with Gasteiger partial charge in [0.2, 0.25) is 0 Å². The van der Waals surface area contributed by atoms with Gasteiger partial charge in [0, 0.05) is 41.0 Å². The van der Waals surface area contributed by atoms with Crippen molar-refractivity contribution in [2.24, 2.45) is 15.8 Å². The van der Waals surface area contributed by atoms with Crippen molar-refractivity contribution in [3.8, 4) is 0 Å². The molecule has 1 unspecified atom stereocenters. The van der Waals surface area contributed by atoms with Gasteiger partial charge < -0.3 is 20.1 Å². The van der Waals surface area contributed by atoms with Gasteiger partial charge in [0.15, 0.2) is 5.96 Å². The van der Waals surface area contributed by atoms with Crippen molar-refractivity contribution in [3.63, 3.8) is 0 Å². The van der Waals surface area contributed by atoms with Crippen LogP contribution >= 0.6 is 24.0 Å². The van der Waals surface area contributed by atoms with E-state index in [0.717, 1.165) is 32.1 Å². The average Bonchev–Trinajstić information content (AvgIpc) is 2.97. The van der Waals surface area contributed by atoms with E-state index < -0.39 is 0 Å². The van der Waals surface area contributed by atoms with Gasteiger partial charge in [-0.25, -0.2) is 0 Å². The van der Waals surface area contributed by atoms with Crippen molar-refractivity contribution < 1.29 is 9.47 Å². The first-order valence-corrected chi connectivity index (χ1v) is 8.83. The topological polar surface area (TPSA) is 54.9 Å². The summed E-state index contributed by atoms with van der Waals surface area (Å²) in [4.78, 5) is 4.36. The molecule has 1 saturated carbocycles. The lowest BCUT2D eigenvalue weighted by atomic mass is 9.83. The van der Waals surface area contributed by atoms with E-state index in [0.29, 0.717) is 5.41 Å². The lowest BCUT2D eigenvalue weighted by Gasteiger charge is -2.32. The van der Waals surface area contributed by atoms with Crippen LogP contribution in [0, 0.1) is 10.8 Å². The summed E-state index contributed by atoms with van der Waals surface area (Å²) in [6.07, 6.45) is 6.48. The number of aliphatic imine (C=N–C) groups is 1. The molecule has 1 aliphatic rings. The number of nitrogens with zero attached hydrogens (tertiary/aromatic N) is 1. The molecule has 5 nitrogen and oxygen atoms in total. The van der Waals surface area contributed by atoms with Crippen molar-refractivity contribution in [1.29, 1.82) is 0 Å². The lowest BCUT2D eigenvalue weighted by Crippen LogP contribution is -2.47. The third kappa shape index (κ3) is 7.87. The van der Waals surface area contributed by atoms with Gasteiger partial charge in [-0.05, 0) is 30.1 Å². The van der Waals surface area contributed by atoms with Crippen LogP contribution in [0.3, 0.4) is 0 Å². The molecule has 0 heterocycles. The van der Waals surface area contributed by atoms with Crippen LogP contribution in [-0.4, -0.2) is 53.0 Å². The molecule has 6 heteroatoms. The van der Waals surface area contributed by atoms with Gasteiger partial charge in [-0.15, -0.1) is 24.0 Å². The molecule has 144 valence electrons. The molecule has 0 aromatic carbocycles. The molecule has 1 fully saturated rings. The van der Waals surface area contributed by atoms with E-state index in [1.807, 2.05) is 7.05 Å². The molecule has 0 aromatic rings. The first-order valence-electron chi connectivity index (χ1n) is 8.83. The van der Waals surface area contributed by atoms with Crippen LogP contribution in [0.5, 0.6) is 0 Å². The zero-order valence-electron chi connectivity index (χ0n) is 16.4. The normalized spacial score (nSPS) is 18.8. The summed E-state index contributed by atoms with van der Waals surface area (Å²) in [6.45, 7) is 9.13. The number of halogens is 1. The van der Waals surface area contributed by atoms with E-state index in [2.05, 4.69) is 36.4 Å². The zero-order valence-corrected chi connectivity index (χ0v) is 18.7. The van der Waals surface area contributed by atoms with Crippen LogP contribution < -0.4 is 10.6 Å². The standard InChI is InChI=1S/C18H37N3O2.HI/c1-17(2,3)15(23-6)13-20-16(19-4)21-14-18(11-12-22-5)9-7-8-10-18;/h15H,7-14H2,1-6H3,(H2,19,20,21);1H. The highest BCUT2D eigenvalue weighted by atomic mass is 127. The van der Waals surface area contributed by atoms with Crippen molar-refractivity contribution in [2.75, 3.05) is 41.0 Å². The smallest absolute Gasteiger partial charge is 0.191 e. The number of guanidine groups is 1. The van der Waals surface area contributed by atoms with Gasteiger partial charge in [0.05, 0.1) is 6.10 Å². The molecule has 0 bridgehead atoms. The van der Waals surface area contributed by atoms with Crippen LogP contribution in [0.4, 0.5) is 0 Å². The minimum atomic E-state index is 0. The molecule has 0 radical (unpaired) electrons. The zero-order chi connectivity index (χ0) is 17.3. The molecule has 0 saturated heterocycles. The maximum Gasteiger partial charge on any atom is 0.191 e. The van der Waals surface area contributed by atoms with Crippen LogP contribution in [0.2, 0.25) is 0 Å². The summed E-state index contributed by atoms with van der Waals surface area (Å²) < 4.78 is 10.9. The molecule has 24 heavy (non-hydrogen) atoms. The second-order valence-corrected chi connectivity index (χ2v) is 7.85. The molecule has 0 amide bonds. The van der Waals surface area contributed by atoms with Crippen molar-refractivity contribution >= 4 is 29.9 Å². The highest BCUT2D eigenvalue weighted by molar-refractivity contribution is 14.0. The molecule has 0 aromatic heterocycles. The number of hydrogen-bond donors (Lipinski definition) is 2. The van der Waals surface area contributed by atoms with Crippen LogP contribution in [0.25, 0.3) is 0 Å². The van der Waals surface area contributed by atoms with Gasteiger partial charge in [-0.1, -0.05) is 33.6 Å². The predicted molar refractivity (Wildman–Crippen MR) is 112 cm³/mol. The Morgan fingerprint density at radius 3 is 2.25 bits per heavy atom. The Balaban J connectivity index is 0.00000529. The molecule has 1 atom stereocenters. The van der Waals surface area contributed by atoms with Crippen LogP contribution in [0.15, 0.2) is 4.99 Å². The first-order chi connectivity index (χ1) is 10.9. The van der Waals surface area contributed by atoms with Gasteiger partial charge >= 0.3 is 0 Å². The molecule has 1 aliphatic carbocycles. The second-order valence-electron chi connectivity index (χ2n) is 7.85. The van der Waals surface area contributed by atoms with Gasteiger partial charge in [0.25, 0.3) is 0 Å². The fraction of sp³-hybridized carbons (Fsp3) is 0.944. The lowest BCUT2D eigenvalue weighted by molar-refractivity contribution is 0.0205. The summed E-state index contributed by atoms with van der Waals surface area (Å²) in [5, 5.41) is 6.93. The summed E-state index contributed by atoms with van der Waals surface area (Å²) in [5.41, 5.74) is 0.462. The van der Waals surface area contributed by atoms with E-state index in [1.165, 1.54) is 25.7 Å². The number of hydrogen-bond acceptors (Lipinski definition) is 3. The minimum Gasteiger partial charge on any atom is -0.385 e. The summed E-state index contributed by atoms with van der Waals surface area (Å²) >= 11 is 0. The van der Waals surface area contributed by atoms with Crippen molar-refractivity contribution in [2.45, 2.75) is 59.0 Å². The minimum absolute atomic E-state index is 0. The summed E-state index contributed by atoms with van der Waals surface area (Å²) in [5.74, 6) is 0.861. The average molecular weight is 455 g/mol. The molecular weight excluding hydrogens is 417 g/mol. The largest absolute Gasteiger partial charge is 0.385 e. The van der Waals surface area contributed by atoms with E-state index in [4.69, 9.17) is 9.47 Å². The first kappa shape index (κ1) is 23.9. The quantitative estimate of drug-likeness (QED) is 0.335. The third-order valence-corrected chi connectivity index (χ3v) is 5.06. The van der Waals surface area contributed by atoms with Crippen LogP contribution in [-0.2, 0) is 9.47 Å². The van der Waals surface area contributed by atoms with E-state index in [9.17, 15) is 0 Å². The van der Waals surface area contributed by atoms with Crippen molar-refractivity contribution in [3.05, 3.63) is 0 Å². The summed E-state index contributed by atoms with van der Waals surface area (Å²) in [6, 6.07) is 0. The molecule has 1 rings (SSSR count). The Labute approximate surface area is 165 Å². The fourth-order valence-electron chi connectivity index (χ4n) is 3.38. The maximum atomic E-state index is 5.60. The van der Waals surface area contributed by atoms with Gasteiger partial charge in [-0.2, -0.15) is 0 Å².